The molecule has 0 radical (unpaired) electrons. The second-order valence-corrected chi connectivity index (χ2v) is 5.19. The molecule has 0 spiro atoms. The van der Waals surface area contributed by atoms with Crippen LogP contribution >= 0.6 is 15.9 Å². The number of carboxylic acid groups (broad SMARTS) is 1. The lowest BCUT2D eigenvalue weighted by atomic mass is 10.2. The Balaban J connectivity index is 2.77. The third-order valence-electron chi connectivity index (χ3n) is 2.80. The first-order chi connectivity index (χ1) is 10.1. The van der Waals surface area contributed by atoms with Crippen LogP contribution in [0.15, 0.2) is 16.6 Å². The number of halogens is 4. The number of aryl methyl sites for hydroxylation is 1. The lowest BCUT2D eigenvalue weighted by molar-refractivity contribution is -0.383. The van der Waals surface area contributed by atoms with Gasteiger partial charge in [-0.05, 0) is 6.07 Å². The number of carboxylic acids is 1. The van der Waals surface area contributed by atoms with Crippen molar-refractivity contribution in [3.63, 3.8) is 0 Å². The molecule has 0 aliphatic carbocycles. The molecule has 1 heterocycles. The summed E-state index contributed by atoms with van der Waals surface area (Å²) in [5, 5.41) is 19.6. The summed E-state index contributed by atoms with van der Waals surface area (Å²) in [5.41, 5.74) is -1.19. The minimum absolute atomic E-state index is 0.158. The van der Waals surface area contributed by atoms with Crippen LogP contribution in [0.1, 0.15) is 12.2 Å². The number of alkyl halides is 3. The summed E-state index contributed by atoms with van der Waals surface area (Å²) in [6.07, 6.45) is -5.44. The summed E-state index contributed by atoms with van der Waals surface area (Å²) < 4.78 is 39.9. The van der Waals surface area contributed by atoms with Crippen LogP contribution < -0.4 is 0 Å². The number of non-ortho nitro benzene ring substituents is 1. The van der Waals surface area contributed by atoms with Crippen molar-refractivity contribution in [1.82, 2.24) is 9.55 Å². The molecule has 2 rings (SSSR count). The summed E-state index contributed by atoms with van der Waals surface area (Å²) in [6, 6.07) is 2.27. The van der Waals surface area contributed by atoms with E-state index < -0.39 is 47.1 Å². The standard InChI is InChI=1S/C11H7BrF3N3O4/c12-5-3-6-9(7(4-5)18(21)22)16-10(11(13,14)15)17(6)2-1-8(19)20/h3-4H,1-2H2,(H,19,20). The molecule has 0 bridgehead atoms. The fourth-order valence-corrected chi connectivity index (χ4v) is 2.39. The van der Waals surface area contributed by atoms with Crippen molar-refractivity contribution < 1.29 is 28.0 Å². The van der Waals surface area contributed by atoms with E-state index in [0.29, 0.717) is 4.57 Å². The molecule has 0 unspecified atom stereocenters. The first-order valence-electron chi connectivity index (χ1n) is 5.74. The van der Waals surface area contributed by atoms with Crippen molar-refractivity contribution >= 4 is 38.6 Å². The van der Waals surface area contributed by atoms with Crippen LogP contribution in [0.25, 0.3) is 11.0 Å². The Hall–Kier alpha value is -2.17. The maximum atomic E-state index is 13.0. The minimum atomic E-state index is -4.86. The van der Waals surface area contributed by atoms with Crippen molar-refractivity contribution in [3.8, 4) is 0 Å². The molecule has 0 aliphatic heterocycles. The molecular weight excluding hydrogens is 375 g/mol. The van der Waals surface area contributed by atoms with E-state index >= 15 is 0 Å². The van der Waals surface area contributed by atoms with Gasteiger partial charge in [0.1, 0.15) is 0 Å². The van der Waals surface area contributed by atoms with Gasteiger partial charge in [-0.15, -0.1) is 0 Å². The van der Waals surface area contributed by atoms with E-state index in [1.165, 1.54) is 6.07 Å². The third-order valence-corrected chi connectivity index (χ3v) is 3.26. The van der Waals surface area contributed by atoms with Gasteiger partial charge in [0.05, 0.1) is 16.9 Å². The van der Waals surface area contributed by atoms with E-state index in [0.717, 1.165) is 6.07 Å². The molecule has 0 saturated heterocycles. The Morgan fingerprint density at radius 1 is 1.45 bits per heavy atom. The van der Waals surface area contributed by atoms with Crippen LogP contribution in [0.3, 0.4) is 0 Å². The zero-order chi connectivity index (χ0) is 16.7. The number of nitro benzene ring substituents is 1. The van der Waals surface area contributed by atoms with Gasteiger partial charge < -0.3 is 9.67 Å². The van der Waals surface area contributed by atoms with Gasteiger partial charge in [-0.2, -0.15) is 13.2 Å². The van der Waals surface area contributed by atoms with Crippen LogP contribution in [0.4, 0.5) is 18.9 Å². The van der Waals surface area contributed by atoms with Crippen LogP contribution in [0.5, 0.6) is 0 Å². The topological polar surface area (TPSA) is 98.3 Å². The van der Waals surface area contributed by atoms with Crippen LogP contribution in [0.2, 0.25) is 0 Å². The zero-order valence-corrected chi connectivity index (χ0v) is 12.2. The number of carbonyl (C=O) groups is 1. The second-order valence-electron chi connectivity index (χ2n) is 4.28. The van der Waals surface area contributed by atoms with Crippen LogP contribution in [-0.4, -0.2) is 25.6 Å². The first-order valence-corrected chi connectivity index (χ1v) is 6.53. The Kier molecular flexibility index (Phi) is 4.09. The summed E-state index contributed by atoms with van der Waals surface area (Å²) in [5.74, 6) is -2.66. The average Bonchev–Trinajstić information content (AvgIpc) is 2.73. The average molecular weight is 382 g/mol. The van der Waals surface area contributed by atoms with Crippen molar-refractivity contribution in [1.29, 1.82) is 0 Å². The molecule has 7 nitrogen and oxygen atoms in total. The molecule has 1 aromatic heterocycles. The summed E-state index contributed by atoms with van der Waals surface area (Å²) in [6.45, 7) is -0.506. The van der Waals surface area contributed by atoms with Crippen molar-refractivity contribution in [2.75, 3.05) is 0 Å². The van der Waals surface area contributed by atoms with Crippen molar-refractivity contribution in [3.05, 3.63) is 32.5 Å². The first kappa shape index (κ1) is 16.2. The highest BCUT2D eigenvalue weighted by molar-refractivity contribution is 9.10. The van der Waals surface area contributed by atoms with Crippen LogP contribution in [-0.2, 0) is 17.5 Å². The van der Waals surface area contributed by atoms with E-state index in [1.54, 1.807) is 0 Å². The van der Waals surface area contributed by atoms with E-state index in [2.05, 4.69) is 20.9 Å². The molecule has 1 N–H and O–H groups in total. The number of aliphatic carboxylic acids is 1. The molecule has 0 fully saturated rings. The van der Waals surface area contributed by atoms with Gasteiger partial charge in [0, 0.05) is 17.1 Å². The van der Waals surface area contributed by atoms with Crippen molar-refractivity contribution in [2.45, 2.75) is 19.1 Å². The van der Waals surface area contributed by atoms with E-state index in [9.17, 15) is 28.1 Å². The summed E-state index contributed by atoms with van der Waals surface area (Å²) in [7, 11) is 0. The SMILES string of the molecule is O=C(O)CCn1c(C(F)(F)F)nc2c([N+](=O)[O-])cc(Br)cc21. The Morgan fingerprint density at radius 2 is 2.09 bits per heavy atom. The van der Waals surface area contributed by atoms with E-state index in [-0.39, 0.29) is 9.99 Å². The van der Waals surface area contributed by atoms with Gasteiger partial charge in [-0.1, -0.05) is 15.9 Å². The number of benzene rings is 1. The van der Waals surface area contributed by atoms with Gasteiger partial charge in [-0.3, -0.25) is 14.9 Å². The highest BCUT2D eigenvalue weighted by atomic mass is 79.9. The Bertz CT molecular complexity index is 772. The largest absolute Gasteiger partial charge is 0.481 e. The fourth-order valence-electron chi connectivity index (χ4n) is 1.96. The molecule has 0 saturated carbocycles. The van der Waals surface area contributed by atoms with Gasteiger partial charge in [-0.25, -0.2) is 4.98 Å². The maximum absolute atomic E-state index is 13.0. The van der Waals surface area contributed by atoms with Gasteiger partial charge in [0.2, 0.25) is 5.82 Å². The molecule has 118 valence electrons. The molecule has 2 aromatic rings. The number of hydrogen-bond donors (Lipinski definition) is 1. The lowest BCUT2D eigenvalue weighted by Gasteiger charge is -2.10. The molecule has 0 atom stereocenters. The zero-order valence-electron chi connectivity index (χ0n) is 10.6. The molecular formula is C11H7BrF3N3O4. The highest BCUT2D eigenvalue weighted by Gasteiger charge is 2.39. The number of imidazole rings is 1. The molecule has 1 aromatic carbocycles. The number of nitro groups is 1. The molecule has 0 amide bonds. The minimum Gasteiger partial charge on any atom is -0.481 e. The van der Waals surface area contributed by atoms with E-state index in [4.69, 9.17) is 5.11 Å². The monoisotopic (exact) mass is 381 g/mol. The predicted octanol–water partition coefficient (Wildman–Crippen LogP) is 3.20. The smallest absolute Gasteiger partial charge is 0.449 e. The van der Waals surface area contributed by atoms with E-state index in [1.807, 2.05) is 0 Å². The summed E-state index contributed by atoms with van der Waals surface area (Å²) >= 11 is 2.98. The normalized spacial score (nSPS) is 11.8. The number of aromatic nitrogens is 2. The van der Waals surface area contributed by atoms with Gasteiger partial charge in [0.25, 0.3) is 5.69 Å². The second kappa shape index (κ2) is 5.55. The summed E-state index contributed by atoms with van der Waals surface area (Å²) in [4.78, 5) is 24.0. The quantitative estimate of drug-likeness (QED) is 0.647. The molecule has 0 aliphatic rings. The lowest BCUT2D eigenvalue weighted by Crippen LogP contribution is -2.16. The Morgan fingerprint density at radius 3 is 2.59 bits per heavy atom. The Labute approximate surface area is 128 Å². The molecule has 22 heavy (non-hydrogen) atoms. The molecule has 11 heteroatoms. The maximum Gasteiger partial charge on any atom is 0.449 e. The third kappa shape index (κ3) is 3.03. The fraction of sp³-hybridized carbons (Fsp3) is 0.273. The van der Waals surface area contributed by atoms with Gasteiger partial charge in [0.15, 0.2) is 5.52 Å². The van der Waals surface area contributed by atoms with Crippen molar-refractivity contribution in [2.24, 2.45) is 0 Å². The number of rotatable bonds is 4. The number of fused-ring (bicyclic) bond motifs is 1. The van der Waals surface area contributed by atoms with Crippen LogP contribution in [0, 0.1) is 10.1 Å². The number of hydrogen-bond acceptors (Lipinski definition) is 4. The number of nitrogens with zero attached hydrogens (tertiary/aromatic N) is 3. The van der Waals surface area contributed by atoms with Gasteiger partial charge >= 0.3 is 12.1 Å². The highest BCUT2D eigenvalue weighted by Crippen LogP contribution is 2.36. The predicted molar refractivity (Wildman–Crippen MR) is 71.3 cm³/mol.